The maximum Gasteiger partial charge on any atom is 0.191 e. The van der Waals surface area contributed by atoms with E-state index in [0.29, 0.717) is 6.04 Å². The van der Waals surface area contributed by atoms with Gasteiger partial charge in [0.2, 0.25) is 0 Å². The summed E-state index contributed by atoms with van der Waals surface area (Å²) >= 11 is 3.84. The molecule has 1 atom stereocenters. The molecule has 3 rings (SSSR count). The van der Waals surface area contributed by atoms with Gasteiger partial charge in [0, 0.05) is 29.5 Å². The highest BCUT2D eigenvalue weighted by atomic mass is 32.2. The summed E-state index contributed by atoms with van der Waals surface area (Å²) in [6.45, 7) is 5.24. The Kier molecular flexibility index (Phi) is 5.43. The monoisotopic (exact) mass is 324 g/mol. The van der Waals surface area contributed by atoms with Crippen molar-refractivity contribution in [1.29, 1.82) is 0 Å². The first kappa shape index (κ1) is 15.2. The van der Waals surface area contributed by atoms with Gasteiger partial charge in [-0.1, -0.05) is 6.07 Å². The summed E-state index contributed by atoms with van der Waals surface area (Å²) in [4.78, 5) is 10.9. The lowest BCUT2D eigenvalue weighted by Crippen LogP contribution is -2.43. The van der Waals surface area contributed by atoms with Crippen molar-refractivity contribution in [1.82, 2.24) is 9.80 Å². The van der Waals surface area contributed by atoms with Gasteiger partial charge < -0.3 is 10.6 Å². The van der Waals surface area contributed by atoms with E-state index in [1.165, 1.54) is 30.8 Å². The summed E-state index contributed by atoms with van der Waals surface area (Å²) in [7, 11) is 0. The molecule has 2 saturated heterocycles. The maximum atomic E-state index is 6.20. The minimum atomic E-state index is 0.408. The Morgan fingerprint density at radius 3 is 2.67 bits per heavy atom. The summed E-state index contributed by atoms with van der Waals surface area (Å²) in [6, 6.07) is 4.78. The molecule has 0 aliphatic carbocycles. The fourth-order valence-corrected chi connectivity index (χ4v) is 4.75. The lowest BCUT2D eigenvalue weighted by molar-refractivity contribution is 0.254. The maximum absolute atomic E-state index is 6.20. The summed E-state index contributed by atoms with van der Waals surface area (Å²) in [5.74, 6) is 3.06. The van der Waals surface area contributed by atoms with Gasteiger partial charge in [-0.15, -0.1) is 11.3 Å². The van der Waals surface area contributed by atoms with Crippen LogP contribution in [0.2, 0.25) is 0 Å². The van der Waals surface area contributed by atoms with E-state index in [4.69, 9.17) is 10.7 Å². The molecule has 0 spiro atoms. The highest BCUT2D eigenvalue weighted by Crippen LogP contribution is 2.28. The first-order valence-electron chi connectivity index (χ1n) is 7.74. The van der Waals surface area contributed by atoms with Gasteiger partial charge in [-0.05, 0) is 37.4 Å². The Labute approximate surface area is 135 Å². The van der Waals surface area contributed by atoms with Crippen molar-refractivity contribution in [2.75, 3.05) is 44.2 Å². The van der Waals surface area contributed by atoms with Gasteiger partial charge in [0.25, 0.3) is 0 Å². The van der Waals surface area contributed by atoms with E-state index in [0.717, 1.165) is 37.1 Å². The van der Waals surface area contributed by atoms with E-state index in [1.807, 2.05) is 23.1 Å². The summed E-state index contributed by atoms with van der Waals surface area (Å²) in [5.41, 5.74) is 6.20. The fourth-order valence-electron chi connectivity index (χ4n) is 2.99. The number of nitrogens with zero attached hydrogens (tertiary/aromatic N) is 3. The summed E-state index contributed by atoms with van der Waals surface area (Å²) in [5, 5.41) is 2.16. The van der Waals surface area contributed by atoms with Crippen LogP contribution in [0.25, 0.3) is 0 Å². The molecule has 1 aromatic rings. The lowest BCUT2D eigenvalue weighted by atomic mass is 10.2. The number of likely N-dealkylation sites (tertiary alicyclic amines) is 1. The zero-order valence-corrected chi connectivity index (χ0v) is 14.0. The Morgan fingerprint density at radius 1 is 1.24 bits per heavy atom. The second-order valence-electron chi connectivity index (χ2n) is 5.57. The van der Waals surface area contributed by atoms with Crippen molar-refractivity contribution in [2.24, 2.45) is 10.7 Å². The summed E-state index contributed by atoms with van der Waals surface area (Å²) < 4.78 is 0. The van der Waals surface area contributed by atoms with Gasteiger partial charge >= 0.3 is 0 Å². The number of rotatable bonds is 4. The molecule has 2 N–H and O–H groups in total. The van der Waals surface area contributed by atoms with Crippen LogP contribution in [-0.4, -0.2) is 60.0 Å². The summed E-state index contributed by atoms with van der Waals surface area (Å²) in [6.07, 6.45) is 2.62. The molecule has 0 bridgehead atoms. The van der Waals surface area contributed by atoms with Gasteiger partial charge in [-0.25, -0.2) is 0 Å². The normalized spacial score (nSPS) is 22.7. The largest absolute Gasteiger partial charge is 0.370 e. The predicted molar refractivity (Wildman–Crippen MR) is 93.3 cm³/mol. The second-order valence-corrected chi connectivity index (χ2v) is 7.78. The molecular weight excluding hydrogens is 300 g/mol. The molecule has 0 aromatic carbocycles. The van der Waals surface area contributed by atoms with Crippen molar-refractivity contribution in [3.8, 4) is 0 Å². The van der Waals surface area contributed by atoms with E-state index >= 15 is 0 Å². The van der Waals surface area contributed by atoms with Crippen molar-refractivity contribution in [3.05, 3.63) is 22.4 Å². The van der Waals surface area contributed by atoms with Crippen LogP contribution in [0.5, 0.6) is 0 Å². The predicted octanol–water partition coefficient (Wildman–Crippen LogP) is 2.25. The van der Waals surface area contributed by atoms with Crippen molar-refractivity contribution < 1.29 is 0 Å². The molecule has 4 nitrogen and oxygen atoms in total. The molecule has 0 saturated carbocycles. The zero-order valence-electron chi connectivity index (χ0n) is 12.4. The third-order valence-electron chi connectivity index (χ3n) is 4.21. The molecule has 1 unspecified atom stereocenters. The first-order valence-corrected chi connectivity index (χ1v) is 9.78. The number of nitrogens with two attached hydrogens (primary N) is 1. The van der Waals surface area contributed by atoms with Gasteiger partial charge in [-0.3, -0.25) is 9.89 Å². The van der Waals surface area contributed by atoms with Crippen LogP contribution in [0.15, 0.2) is 22.5 Å². The van der Waals surface area contributed by atoms with Crippen molar-refractivity contribution in [2.45, 2.75) is 18.9 Å². The average molecular weight is 325 g/mol. The fraction of sp³-hybridized carbons (Fsp3) is 0.667. The van der Waals surface area contributed by atoms with E-state index in [-0.39, 0.29) is 0 Å². The third kappa shape index (κ3) is 3.93. The van der Waals surface area contributed by atoms with Gasteiger partial charge in [0.1, 0.15) is 0 Å². The van der Waals surface area contributed by atoms with E-state index in [2.05, 4.69) is 27.3 Å². The number of aliphatic imine (C=N–C) groups is 1. The Bertz CT molecular complexity index is 448. The molecule has 2 aliphatic heterocycles. The number of thioether (sulfide) groups is 1. The van der Waals surface area contributed by atoms with E-state index in [1.54, 1.807) is 0 Å². The van der Waals surface area contributed by atoms with E-state index in [9.17, 15) is 0 Å². The molecule has 3 heterocycles. The van der Waals surface area contributed by atoms with Crippen molar-refractivity contribution >= 4 is 29.1 Å². The van der Waals surface area contributed by atoms with Crippen LogP contribution in [0, 0.1) is 0 Å². The third-order valence-corrected chi connectivity index (χ3v) is 6.13. The molecule has 21 heavy (non-hydrogen) atoms. The van der Waals surface area contributed by atoms with Gasteiger partial charge in [-0.2, -0.15) is 11.8 Å². The van der Waals surface area contributed by atoms with Crippen LogP contribution in [-0.2, 0) is 0 Å². The first-order chi connectivity index (χ1) is 10.3. The molecule has 6 heteroatoms. The zero-order chi connectivity index (χ0) is 14.5. The lowest BCUT2D eigenvalue weighted by Gasteiger charge is -2.29. The van der Waals surface area contributed by atoms with Crippen LogP contribution in [0.3, 0.4) is 0 Å². The van der Waals surface area contributed by atoms with Crippen LogP contribution < -0.4 is 5.73 Å². The minimum absolute atomic E-state index is 0.408. The average Bonchev–Trinajstić information content (AvgIpc) is 3.22. The van der Waals surface area contributed by atoms with E-state index < -0.39 is 0 Å². The number of hydrogen-bond donors (Lipinski definition) is 1. The second kappa shape index (κ2) is 7.51. The Hall–Kier alpha value is -0.720. The van der Waals surface area contributed by atoms with Crippen molar-refractivity contribution in [3.63, 3.8) is 0 Å². The highest BCUT2D eigenvalue weighted by Gasteiger charge is 2.24. The smallest absolute Gasteiger partial charge is 0.191 e. The molecule has 2 aliphatic rings. The van der Waals surface area contributed by atoms with Crippen LogP contribution in [0.1, 0.15) is 23.8 Å². The quantitative estimate of drug-likeness (QED) is 0.681. The molecular formula is C15H24N4S2. The number of guanidine groups is 1. The molecule has 1 aromatic heterocycles. The van der Waals surface area contributed by atoms with Crippen LogP contribution >= 0.6 is 23.1 Å². The number of hydrogen-bond acceptors (Lipinski definition) is 4. The molecule has 0 amide bonds. The van der Waals surface area contributed by atoms with Gasteiger partial charge in [0.05, 0.1) is 12.6 Å². The number of thiophene rings is 1. The topological polar surface area (TPSA) is 44.9 Å². The molecule has 116 valence electrons. The molecule has 2 fully saturated rings. The molecule has 0 radical (unpaired) electrons. The highest BCUT2D eigenvalue weighted by molar-refractivity contribution is 7.99. The van der Waals surface area contributed by atoms with Gasteiger partial charge in [0.15, 0.2) is 5.96 Å². The standard InChI is InChI=1S/C15H24N4S2/c16-15(19-7-10-20-11-8-19)17-12-13(14-4-3-9-21-14)18-5-1-2-6-18/h3-4,9,13H,1-2,5-8,10-12H2,(H2,16,17). The Balaban J connectivity index is 1.66. The minimum Gasteiger partial charge on any atom is -0.370 e. The SMILES string of the molecule is NC(=NCC(c1cccs1)N1CCCC1)N1CCSCC1. The van der Waals surface area contributed by atoms with Crippen LogP contribution in [0.4, 0.5) is 0 Å². The Morgan fingerprint density at radius 2 is 2.00 bits per heavy atom.